The molecule has 0 aromatic carbocycles. The van der Waals surface area contributed by atoms with Crippen LogP contribution in [0.5, 0.6) is 0 Å². The van der Waals surface area contributed by atoms with Crippen molar-refractivity contribution in [3.8, 4) is 0 Å². The number of carbonyl (C=O) groups is 5. The molecule has 15 atom stereocenters. The number of Topliss-reactive ketones (excluding diaryl/α,β-unsaturated/α-hetero) is 2. The number of carbonyl (C=O) groups excluding carboxylic acids is 4. The van der Waals surface area contributed by atoms with E-state index in [9.17, 15) is 54.6 Å². The third kappa shape index (κ3) is 13.2. The summed E-state index contributed by atoms with van der Waals surface area (Å²) in [6, 6.07) is -1.31. The van der Waals surface area contributed by atoms with Crippen LogP contribution in [0.1, 0.15) is 111 Å². The van der Waals surface area contributed by atoms with E-state index in [2.05, 4.69) is 10.6 Å². The van der Waals surface area contributed by atoms with E-state index in [0.717, 1.165) is 32.1 Å². The lowest BCUT2D eigenvalue weighted by atomic mass is 9.74. The first kappa shape index (κ1) is 48.0. The summed E-state index contributed by atoms with van der Waals surface area (Å²) in [5.41, 5.74) is 0. The van der Waals surface area contributed by atoms with Gasteiger partial charge in [-0.05, 0) is 51.4 Å². The second-order valence-corrected chi connectivity index (χ2v) is 16.5. The Morgan fingerprint density at radius 1 is 0.828 bits per heavy atom. The first-order valence-electron chi connectivity index (χ1n) is 20.9. The molecule has 18 nitrogen and oxygen atoms in total. The van der Waals surface area contributed by atoms with Crippen molar-refractivity contribution in [2.24, 2.45) is 17.8 Å². The Labute approximate surface area is 339 Å². The molecule has 0 bridgehead atoms. The number of carboxylic acids is 1. The Morgan fingerprint density at radius 2 is 1.53 bits per heavy atom. The smallest absolute Gasteiger partial charge is 0.332 e. The molecule has 2 saturated heterocycles. The monoisotopic (exact) mass is 830 g/mol. The Morgan fingerprint density at radius 3 is 2.16 bits per heavy atom. The summed E-state index contributed by atoms with van der Waals surface area (Å²) in [6.07, 6.45) is -9.88. The van der Waals surface area contributed by atoms with Crippen LogP contribution in [0.4, 0.5) is 0 Å². The molecule has 2 aliphatic heterocycles. The standard InChI is InChI=1S/C40H66N2O16/c1-5-24-17-25(26(46)12-9-15-41-30(47)14-13-20(2)44)18-27(36(24)58-40-35(51)34(50)32(48)21(3)54-40)56-39-31(42-22(4)45)37(33(49)29(19-43)57-39)55-28(38(52)53)16-23-10-7-6-8-11-23/h21,23-25,27-29,31-37,39-40,43,48-51H,5-19H2,1-4H3,(H,41,47)(H,42,45)(H,52,53)/t21?,24?,25?,27-,28+,29+,31?,32-,33+,34+,35?,36-,37?,39-,40+/m1/s1. The number of hydrogen-bond acceptors (Lipinski definition) is 15. The molecular weight excluding hydrogens is 764 g/mol. The van der Waals surface area contributed by atoms with E-state index >= 15 is 0 Å². The van der Waals surface area contributed by atoms with Crippen molar-refractivity contribution in [2.75, 3.05) is 13.2 Å². The van der Waals surface area contributed by atoms with Crippen LogP contribution in [0.15, 0.2) is 0 Å². The van der Waals surface area contributed by atoms with Gasteiger partial charge in [-0.15, -0.1) is 0 Å². The van der Waals surface area contributed by atoms with Gasteiger partial charge in [0, 0.05) is 38.6 Å². The number of ketones is 2. The molecule has 0 aromatic heterocycles. The fraction of sp³-hybridized carbons (Fsp3) is 0.875. The Hall–Kier alpha value is -2.65. The number of amides is 2. The molecule has 4 aliphatic rings. The third-order valence-corrected chi connectivity index (χ3v) is 12.0. The number of rotatable bonds is 20. The summed E-state index contributed by atoms with van der Waals surface area (Å²) >= 11 is 0. The van der Waals surface area contributed by atoms with E-state index < -0.39 is 110 Å². The van der Waals surface area contributed by atoms with Crippen molar-refractivity contribution < 1.29 is 78.3 Å². The van der Waals surface area contributed by atoms with Crippen molar-refractivity contribution in [1.82, 2.24) is 10.6 Å². The van der Waals surface area contributed by atoms with E-state index in [1.54, 1.807) is 0 Å². The molecule has 332 valence electrons. The summed E-state index contributed by atoms with van der Waals surface area (Å²) in [5.74, 6) is -3.26. The van der Waals surface area contributed by atoms with Crippen LogP contribution in [0.25, 0.3) is 0 Å². The highest BCUT2D eigenvalue weighted by Crippen LogP contribution is 2.40. The zero-order valence-electron chi connectivity index (χ0n) is 34.1. The lowest BCUT2D eigenvalue weighted by molar-refractivity contribution is -0.338. The van der Waals surface area contributed by atoms with E-state index in [1.165, 1.54) is 20.8 Å². The molecule has 2 heterocycles. The number of aliphatic hydroxyl groups is 5. The van der Waals surface area contributed by atoms with Crippen molar-refractivity contribution in [3.05, 3.63) is 0 Å². The van der Waals surface area contributed by atoms with Gasteiger partial charge in [-0.25, -0.2) is 4.79 Å². The summed E-state index contributed by atoms with van der Waals surface area (Å²) in [6.45, 7) is 5.51. The molecule has 0 radical (unpaired) electrons. The van der Waals surface area contributed by atoms with Crippen LogP contribution in [0.3, 0.4) is 0 Å². The van der Waals surface area contributed by atoms with Crippen molar-refractivity contribution in [2.45, 2.75) is 191 Å². The number of carboxylic acid groups (broad SMARTS) is 1. The summed E-state index contributed by atoms with van der Waals surface area (Å²) in [7, 11) is 0. The number of nitrogens with one attached hydrogen (secondary N) is 2. The minimum absolute atomic E-state index is 0.0401. The molecule has 4 fully saturated rings. The van der Waals surface area contributed by atoms with E-state index in [0.29, 0.717) is 19.3 Å². The molecule has 0 aromatic rings. The predicted molar refractivity (Wildman–Crippen MR) is 203 cm³/mol. The van der Waals surface area contributed by atoms with Gasteiger partial charge in [0.25, 0.3) is 0 Å². The molecule has 2 saturated carbocycles. The molecule has 18 heteroatoms. The molecule has 6 unspecified atom stereocenters. The molecule has 4 rings (SSSR count). The highest BCUT2D eigenvalue weighted by Gasteiger charge is 2.52. The number of aliphatic carboxylic acids is 1. The fourth-order valence-electron chi connectivity index (χ4n) is 8.70. The van der Waals surface area contributed by atoms with Gasteiger partial charge in [0.15, 0.2) is 18.7 Å². The Bertz CT molecular complexity index is 1360. The highest BCUT2D eigenvalue weighted by atomic mass is 16.7. The molecule has 58 heavy (non-hydrogen) atoms. The van der Waals surface area contributed by atoms with Gasteiger partial charge in [-0.2, -0.15) is 0 Å². The predicted octanol–water partition coefficient (Wildman–Crippen LogP) is 0.247. The Kier molecular flexibility index (Phi) is 18.9. The zero-order valence-corrected chi connectivity index (χ0v) is 34.1. The number of ether oxygens (including phenoxy) is 5. The maximum Gasteiger partial charge on any atom is 0.332 e. The van der Waals surface area contributed by atoms with Gasteiger partial charge in [0.05, 0.1) is 24.9 Å². The molecule has 2 aliphatic carbocycles. The molecule has 0 spiro atoms. The van der Waals surface area contributed by atoms with E-state index in [1.807, 2.05) is 6.92 Å². The minimum Gasteiger partial charge on any atom is -0.479 e. The maximum atomic E-state index is 13.8. The zero-order chi connectivity index (χ0) is 42.7. The molecule has 8 N–H and O–H groups in total. The fourth-order valence-corrected chi connectivity index (χ4v) is 8.70. The van der Waals surface area contributed by atoms with Gasteiger partial charge in [-0.3, -0.25) is 14.4 Å². The minimum atomic E-state index is -1.66. The SMILES string of the molecule is CCC1CC(C(=O)CCCNC(=O)CCC(C)=O)C[C@@H](O[C@@H]2O[C@@H](CO)[C@H](O)C(O[C@@H](CC3CCCCC3)C(=O)O)C2NC(C)=O)[C@@H]1O[C@@H]1OC(C)[C@@H](O)[C@H](O)C1O. The first-order chi connectivity index (χ1) is 27.5. The van der Waals surface area contributed by atoms with Crippen LogP contribution >= 0.6 is 0 Å². The number of hydrogen-bond donors (Lipinski definition) is 8. The lowest BCUT2D eigenvalue weighted by Crippen LogP contribution is -2.67. The van der Waals surface area contributed by atoms with Crippen LogP contribution in [-0.2, 0) is 47.7 Å². The van der Waals surface area contributed by atoms with Gasteiger partial charge in [0.1, 0.15) is 54.2 Å². The second kappa shape index (κ2) is 22.8. The van der Waals surface area contributed by atoms with E-state index in [-0.39, 0.29) is 62.0 Å². The van der Waals surface area contributed by atoms with Gasteiger partial charge in [0.2, 0.25) is 11.8 Å². The third-order valence-electron chi connectivity index (χ3n) is 12.0. The van der Waals surface area contributed by atoms with Crippen LogP contribution < -0.4 is 10.6 Å². The highest BCUT2D eigenvalue weighted by molar-refractivity contribution is 5.83. The number of aliphatic hydroxyl groups excluding tert-OH is 5. The molecular formula is C40H66N2O16. The Balaban J connectivity index is 1.61. The average Bonchev–Trinajstić information content (AvgIpc) is 3.19. The van der Waals surface area contributed by atoms with Gasteiger partial charge >= 0.3 is 5.97 Å². The lowest BCUT2D eigenvalue weighted by Gasteiger charge is -2.49. The van der Waals surface area contributed by atoms with E-state index in [4.69, 9.17) is 23.7 Å². The first-order valence-corrected chi connectivity index (χ1v) is 20.9. The van der Waals surface area contributed by atoms with Crippen LogP contribution in [0.2, 0.25) is 0 Å². The topological polar surface area (TPSA) is 277 Å². The van der Waals surface area contributed by atoms with Gasteiger partial charge < -0.3 is 69.8 Å². The largest absolute Gasteiger partial charge is 0.479 e. The van der Waals surface area contributed by atoms with Crippen LogP contribution in [0, 0.1) is 17.8 Å². The van der Waals surface area contributed by atoms with Crippen LogP contribution in [-0.4, -0.2) is 153 Å². The quantitative estimate of drug-likeness (QED) is 0.0764. The maximum absolute atomic E-state index is 13.8. The van der Waals surface area contributed by atoms with Crippen molar-refractivity contribution >= 4 is 29.4 Å². The van der Waals surface area contributed by atoms with Crippen molar-refractivity contribution in [3.63, 3.8) is 0 Å². The second-order valence-electron chi connectivity index (χ2n) is 16.5. The summed E-state index contributed by atoms with van der Waals surface area (Å²) < 4.78 is 31.0. The molecule has 2 amide bonds. The van der Waals surface area contributed by atoms with Crippen molar-refractivity contribution in [1.29, 1.82) is 0 Å². The normalized spacial score (nSPS) is 36.4. The summed E-state index contributed by atoms with van der Waals surface area (Å²) in [4.78, 5) is 62.4. The van der Waals surface area contributed by atoms with Gasteiger partial charge in [-0.1, -0.05) is 45.4 Å². The summed E-state index contributed by atoms with van der Waals surface area (Å²) in [5, 5.41) is 69.2. The average molecular weight is 831 g/mol.